The van der Waals surface area contributed by atoms with E-state index in [1.54, 1.807) is 51.6 Å². The van der Waals surface area contributed by atoms with Crippen molar-refractivity contribution in [2.75, 3.05) is 27.7 Å². The van der Waals surface area contributed by atoms with Gasteiger partial charge in [0.1, 0.15) is 4.21 Å². The van der Waals surface area contributed by atoms with Crippen molar-refractivity contribution >= 4 is 33.3 Å². The number of sulfonamides is 1. The van der Waals surface area contributed by atoms with Crippen molar-refractivity contribution in [3.8, 4) is 10.6 Å². The van der Waals surface area contributed by atoms with Crippen LogP contribution < -0.4 is 4.72 Å². The van der Waals surface area contributed by atoms with Crippen LogP contribution in [0.1, 0.15) is 6.42 Å². The molecule has 0 spiro atoms. The summed E-state index contributed by atoms with van der Waals surface area (Å²) in [4.78, 5) is 27.4. The third-order valence-corrected chi connectivity index (χ3v) is 6.82. The number of hydrogen-bond acceptors (Lipinski definition) is 7. The van der Waals surface area contributed by atoms with Crippen LogP contribution in [0.5, 0.6) is 0 Å². The largest absolute Gasteiger partial charge is 0.491 e. The Morgan fingerprint density at radius 3 is 2.42 bits per heavy atom. The Balaban J connectivity index is 2.18. The van der Waals surface area contributed by atoms with E-state index in [-0.39, 0.29) is 15.2 Å². The fourth-order valence-corrected chi connectivity index (χ4v) is 5.12. The molecule has 0 aliphatic rings. The highest BCUT2D eigenvalue weighted by atomic mass is 32.2. The van der Waals surface area contributed by atoms with E-state index >= 15 is 0 Å². The van der Waals surface area contributed by atoms with Gasteiger partial charge in [-0.25, -0.2) is 17.9 Å². The quantitative estimate of drug-likeness (QED) is 0.353. The van der Waals surface area contributed by atoms with Gasteiger partial charge < -0.3 is 9.22 Å². The number of halogens is 3. The first-order valence-corrected chi connectivity index (χ1v) is 11.1. The zero-order valence-electron chi connectivity index (χ0n) is 16.8. The molecule has 2 aromatic rings. The molecule has 8 nitrogen and oxygen atoms in total. The van der Waals surface area contributed by atoms with Crippen molar-refractivity contribution in [1.82, 2.24) is 9.71 Å². The molecule has 0 unspecified atom stereocenters. The van der Waals surface area contributed by atoms with Crippen LogP contribution in [0.4, 0.5) is 13.2 Å². The van der Waals surface area contributed by atoms with Crippen molar-refractivity contribution < 1.29 is 40.4 Å². The van der Waals surface area contributed by atoms with Gasteiger partial charge in [-0.1, -0.05) is 6.07 Å². The highest BCUT2D eigenvalue weighted by molar-refractivity contribution is 7.91. The molecule has 0 radical (unpaired) electrons. The number of quaternary nitrogens is 1. The van der Waals surface area contributed by atoms with Gasteiger partial charge in [0, 0.05) is 6.20 Å². The van der Waals surface area contributed by atoms with Gasteiger partial charge in [0.2, 0.25) is 0 Å². The van der Waals surface area contributed by atoms with Crippen LogP contribution in [-0.4, -0.2) is 69.7 Å². The molecule has 170 valence electrons. The van der Waals surface area contributed by atoms with E-state index in [9.17, 15) is 31.2 Å². The predicted octanol–water partition coefficient (Wildman–Crippen LogP) is 2.19. The highest BCUT2D eigenvalue weighted by Gasteiger charge is 2.43. The summed E-state index contributed by atoms with van der Waals surface area (Å²) in [6.45, 7) is 0.0486. The molecule has 1 N–H and O–H groups in total. The Morgan fingerprint density at radius 2 is 1.87 bits per heavy atom. The minimum Gasteiger partial charge on any atom is -0.386 e. The van der Waals surface area contributed by atoms with Crippen LogP contribution in [0.3, 0.4) is 0 Å². The summed E-state index contributed by atoms with van der Waals surface area (Å²) in [6, 6.07) is 7.01. The van der Waals surface area contributed by atoms with Crippen LogP contribution in [-0.2, 0) is 24.3 Å². The standard InChI is InChI=1S/C18H21F3N3O5S2/c1-24(2,3)11-12(10-15(25)29-17(26)18(19,20)21)23-31(27,28)16-8-7-14(30-16)13-6-4-5-9-22-13/h4-9,12,23H,10-11H2,1-3H3/q+1/t12-/m1/s1. The third kappa shape index (κ3) is 7.69. The van der Waals surface area contributed by atoms with Gasteiger partial charge in [0.25, 0.3) is 10.0 Å². The van der Waals surface area contributed by atoms with Crippen molar-refractivity contribution in [2.24, 2.45) is 0 Å². The molecule has 0 aromatic carbocycles. The number of nitrogens with one attached hydrogen (secondary N) is 1. The van der Waals surface area contributed by atoms with E-state index in [0.29, 0.717) is 10.6 Å². The number of likely N-dealkylation sites (N-methyl/N-ethyl adjacent to an activating group) is 1. The number of ether oxygens (including phenoxy) is 1. The maximum Gasteiger partial charge on any atom is 0.491 e. The second-order valence-electron chi connectivity index (χ2n) is 7.59. The lowest BCUT2D eigenvalue weighted by Gasteiger charge is -2.29. The maximum atomic E-state index is 12.8. The molecular weight excluding hydrogens is 459 g/mol. The van der Waals surface area contributed by atoms with Crippen LogP contribution in [0.25, 0.3) is 10.6 Å². The normalized spacial score (nSPS) is 13.6. The summed E-state index contributed by atoms with van der Waals surface area (Å²) in [5, 5.41) is 0. The maximum absolute atomic E-state index is 12.8. The molecule has 0 fully saturated rings. The minimum atomic E-state index is -5.33. The number of hydrogen-bond donors (Lipinski definition) is 1. The highest BCUT2D eigenvalue weighted by Crippen LogP contribution is 2.29. The van der Waals surface area contributed by atoms with E-state index in [1.165, 1.54) is 6.07 Å². The number of thiophene rings is 1. The van der Waals surface area contributed by atoms with Gasteiger partial charge in [-0.05, 0) is 24.3 Å². The van der Waals surface area contributed by atoms with Crippen molar-refractivity contribution in [2.45, 2.75) is 22.8 Å². The fraction of sp³-hybridized carbons (Fsp3) is 0.389. The molecule has 0 bridgehead atoms. The lowest BCUT2D eigenvalue weighted by molar-refractivity contribution is -0.871. The first kappa shape index (κ1) is 24.9. The number of aromatic nitrogens is 1. The predicted molar refractivity (Wildman–Crippen MR) is 106 cm³/mol. The third-order valence-electron chi connectivity index (χ3n) is 3.70. The number of pyridine rings is 1. The fourth-order valence-electron chi connectivity index (χ4n) is 2.60. The van der Waals surface area contributed by atoms with Crippen LogP contribution in [0, 0.1) is 0 Å². The second kappa shape index (κ2) is 9.42. The summed E-state index contributed by atoms with van der Waals surface area (Å²) < 4.78 is 68.8. The molecule has 0 amide bonds. The Hall–Kier alpha value is -2.35. The zero-order chi connectivity index (χ0) is 23.4. The average Bonchev–Trinajstić information content (AvgIpc) is 3.10. The number of carbonyl (C=O) groups excluding carboxylic acids is 2. The Kier molecular flexibility index (Phi) is 7.57. The smallest absolute Gasteiger partial charge is 0.386 e. The number of rotatable bonds is 8. The Morgan fingerprint density at radius 1 is 1.19 bits per heavy atom. The van der Waals surface area contributed by atoms with Gasteiger partial charge in [-0.15, -0.1) is 11.3 Å². The molecule has 0 aliphatic carbocycles. The summed E-state index contributed by atoms with van der Waals surface area (Å²) >= 11 is 0.949. The van der Waals surface area contributed by atoms with Crippen LogP contribution >= 0.6 is 11.3 Å². The SMILES string of the molecule is C[N+](C)(C)C[C@@H](CC(=O)OC(=O)C(F)(F)F)NS(=O)(=O)c1ccc(-c2ccccn2)s1. The first-order valence-electron chi connectivity index (χ1n) is 8.83. The average molecular weight is 481 g/mol. The van der Waals surface area contributed by atoms with E-state index in [2.05, 4.69) is 14.4 Å². The van der Waals surface area contributed by atoms with E-state index < -0.39 is 40.6 Å². The lowest BCUT2D eigenvalue weighted by Crippen LogP contribution is -2.49. The summed E-state index contributed by atoms with van der Waals surface area (Å²) in [5.41, 5.74) is 0.575. The van der Waals surface area contributed by atoms with Crippen molar-refractivity contribution in [1.29, 1.82) is 0 Å². The summed E-state index contributed by atoms with van der Waals surface area (Å²) in [5.74, 6) is -4.13. The summed E-state index contributed by atoms with van der Waals surface area (Å²) in [7, 11) is 1.01. The van der Waals surface area contributed by atoms with E-state index in [0.717, 1.165) is 11.3 Å². The topological polar surface area (TPSA) is 102 Å². The van der Waals surface area contributed by atoms with Crippen molar-refractivity contribution in [3.63, 3.8) is 0 Å². The van der Waals surface area contributed by atoms with Crippen LogP contribution in [0.15, 0.2) is 40.7 Å². The monoisotopic (exact) mass is 480 g/mol. The van der Waals surface area contributed by atoms with Gasteiger partial charge in [-0.2, -0.15) is 13.2 Å². The first-order chi connectivity index (χ1) is 14.2. The zero-order valence-corrected chi connectivity index (χ0v) is 18.5. The van der Waals surface area contributed by atoms with E-state index in [1.807, 2.05) is 0 Å². The Labute approximate surface area is 181 Å². The van der Waals surface area contributed by atoms with Gasteiger partial charge >= 0.3 is 18.1 Å². The molecule has 2 rings (SSSR count). The number of carbonyl (C=O) groups is 2. The van der Waals surface area contributed by atoms with Crippen molar-refractivity contribution in [3.05, 3.63) is 36.5 Å². The van der Waals surface area contributed by atoms with Gasteiger partial charge in [0.05, 0.1) is 50.7 Å². The van der Waals surface area contributed by atoms with E-state index in [4.69, 9.17) is 0 Å². The number of esters is 2. The van der Waals surface area contributed by atoms with Gasteiger partial charge in [0.15, 0.2) is 0 Å². The number of nitrogens with zero attached hydrogens (tertiary/aromatic N) is 2. The second-order valence-corrected chi connectivity index (χ2v) is 10.6. The lowest BCUT2D eigenvalue weighted by atomic mass is 10.2. The van der Waals surface area contributed by atoms with Gasteiger partial charge in [-0.3, -0.25) is 9.78 Å². The number of alkyl halides is 3. The summed E-state index contributed by atoms with van der Waals surface area (Å²) in [6.07, 6.45) is -4.52. The molecule has 31 heavy (non-hydrogen) atoms. The Bertz CT molecular complexity index is 1030. The molecular formula is C18H21F3N3O5S2+. The minimum absolute atomic E-state index is 0.0486. The molecule has 0 saturated carbocycles. The molecule has 1 atom stereocenters. The molecule has 2 aromatic heterocycles. The molecule has 13 heteroatoms. The molecule has 2 heterocycles. The van der Waals surface area contributed by atoms with Crippen LogP contribution in [0.2, 0.25) is 0 Å². The molecule has 0 aliphatic heterocycles. The molecule has 0 saturated heterocycles.